The van der Waals surface area contributed by atoms with Gasteiger partial charge in [-0.3, -0.25) is 0 Å². The van der Waals surface area contributed by atoms with Crippen LogP contribution in [0.2, 0.25) is 0 Å². The number of thioether (sulfide) groups is 1. The van der Waals surface area contributed by atoms with E-state index in [9.17, 15) is 0 Å². The van der Waals surface area contributed by atoms with Crippen LogP contribution in [0.15, 0.2) is 0 Å². The fraction of sp³-hybridized carbons (Fsp3) is 0.818. The van der Waals surface area contributed by atoms with Crippen molar-refractivity contribution in [3.63, 3.8) is 0 Å². The molecule has 1 rings (SSSR count). The van der Waals surface area contributed by atoms with E-state index in [0.29, 0.717) is 6.04 Å². The number of nitrogens with one attached hydrogen (secondary N) is 1. The van der Waals surface area contributed by atoms with Crippen LogP contribution in [-0.4, -0.2) is 23.6 Å². The first-order chi connectivity index (χ1) is 6.24. The third kappa shape index (κ3) is 3.62. The Kier molecular flexibility index (Phi) is 4.69. The molecule has 0 aliphatic carbocycles. The molecule has 2 unspecified atom stereocenters. The van der Waals surface area contributed by atoms with Gasteiger partial charge in [-0.25, -0.2) is 0 Å². The zero-order valence-electron chi connectivity index (χ0n) is 8.76. The molecule has 0 aromatic rings. The van der Waals surface area contributed by atoms with Gasteiger partial charge < -0.3 is 5.32 Å². The molecule has 0 radical (unpaired) electrons. The summed E-state index contributed by atoms with van der Waals surface area (Å²) in [6.07, 6.45) is 1.31. The molecule has 0 bridgehead atoms. The highest BCUT2D eigenvalue weighted by Crippen LogP contribution is 2.31. The molecule has 1 aliphatic heterocycles. The Morgan fingerprint density at radius 1 is 1.54 bits per heavy atom. The molecule has 0 amide bonds. The molecule has 2 heteroatoms. The van der Waals surface area contributed by atoms with Crippen LogP contribution in [0.4, 0.5) is 0 Å². The number of rotatable bonds is 3. The lowest BCUT2D eigenvalue weighted by molar-refractivity contribution is 0.507. The normalized spacial score (nSPS) is 27.4. The van der Waals surface area contributed by atoms with Gasteiger partial charge in [-0.2, -0.15) is 11.8 Å². The summed E-state index contributed by atoms with van der Waals surface area (Å²) < 4.78 is 0. The van der Waals surface area contributed by atoms with Gasteiger partial charge in [0.05, 0.1) is 6.54 Å². The molecule has 1 N–H and O–H groups in total. The summed E-state index contributed by atoms with van der Waals surface area (Å²) in [6, 6.07) is 0.693. The Hall–Kier alpha value is -0.130. The van der Waals surface area contributed by atoms with Crippen molar-refractivity contribution in [3.05, 3.63) is 0 Å². The molecular weight excluding hydrogens is 178 g/mol. The molecule has 1 heterocycles. The largest absolute Gasteiger partial charge is 0.303 e. The predicted octanol–water partition coefficient (Wildman–Crippen LogP) is 2.13. The minimum atomic E-state index is 0.693. The van der Waals surface area contributed by atoms with E-state index in [-0.39, 0.29) is 0 Å². The highest BCUT2D eigenvalue weighted by Gasteiger charge is 2.26. The van der Waals surface area contributed by atoms with Crippen molar-refractivity contribution in [1.82, 2.24) is 5.32 Å². The first kappa shape index (κ1) is 10.9. The summed E-state index contributed by atoms with van der Waals surface area (Å²) in [5, 5.41) is 4.33. The minimum absolute atomic E-state index is 0.693. The van der Waals surface area contributed by atoms with Crippen molar-refractivity contribution < 1.29 is 0 Å². The maximum absolute atomic E-state index is 3.47. The lowest BCUT2D eigenvalue weighted by Gasteiger charge is -2.13. The van der Waals surface area contributed by atoms with Gasteiger partial charge in [-0.15, -0.1) is 5.92 Å². The van der Waals surface area contributed by atoms with E-state index in [4.69, 9.17) is 0 Å². The second-order valence-electron chi connectivity index (χ2n) is 3.86. The standard InChI is InChI=1S/C11H19NS/c1-4-5-6-12-10-7-11(9(2)3)13-8-10/h9-12H,6-8H2,1-3H3. The van der Waals surface area contributed by atoms with Crippen molar-refractivity contribution in [1.29, 1.82) is 0 Å². The number of hydrogen-bond donors (Lipinski definition) is 1. The van der Waals surface area contributed by atoms with Crippen LogP contribution < -0.4 is 5.32 Å². The fourth-order valence-corrected chi connectivity index (χ4v) is 3.03. The van der Waals surface area contributed by atoms with Gasteiger partial charge in [0.25, 0.3) is 0 Å². The third-order valence-electron chi connectivity index (χ3n) is 2.43. The maximum Gasteiger partial charge on any atom is 0.0578 e. The lowest BCUT2D eigenvalue weighted by atomic mass is 10.0. The first-order valence-corrected chi connectivity index (χ1v) is 6.03. The zero-order valence-corrected chi connectivity index (χ0v) is 9.58. The van der Waals surface area contributed by atoms with Gasteiger partial charge in [0.15, 0.2) is 0 Å². The van der Waals surface area contributed by atoms with Gasteiger partial charge in [0.2, 0.25) is 0 Å². The third-order valence-corrected chi connectivity index (χ3v) is 4.19. The average Bonchev–Trinajstić information content (AvgIpc) is 2.53. The molecule has 1 fully saturated rings. The van der Waals surface area contributed by atoms with E-state index in [1.54, 1.807) is 0 Å². The van der Waals surface area contributed by atoms with E-state index in [2.05, 4.69) is 42.8 Å². The Morgan fingerprint density at radius 3 is 2.85 bits per heavy atom. The lowest BCUT2D eigenvalue weighted by Crippen LogP contribution is -2.29. The van der Waals surface area contributed by atoms with E-state index >= 15 is 0 Å². The molecule has 74 valence electrons. The Bertz CT molecular complexity index is 202. The summed E-state index contributed by atoms with van der Waals surface area (Å²) in [4.78, 5) is 0. The van der Waals surface area contributed by atoms with E-state index in [0.717, 1.165) is 17.7 Å². The van der Waals surface area contributed by atoms with Crippen molar-refractivity contribution in [2.45, 2.75) is 38.5 Å². The molecule has 1 aliphatic rings. The molecule has 2 atom stereocenters. The summed E-state index contributed by atoms with van der Waals surface area (Å²) in [7, 11) is 0. The summed E-state index contributed by atoms with van der Waals surface area (Å²) in [5.41, 5.74) is 0. The van der Waals surface area contributed by atoms with Gasteiger partial charge in [-0.1, -0.05) is 19.8 Å². The topological polar surface area (TPSA) is 12.0 Å². The number of hydrogen-bond acceptors (Lipinski definition) is 2. The molecule has 0 spiro atoms. The summed E-state index contributed by atoms with van der Waals surface area (Å²) in [5.74, 6) is 8.03. The van der Waals surface area contributed by atoms with E-state index in [1.807, 2.05) is 6.92 Å². The summed E-state index contributed by atoms with van der Waals surface area (Å²) >= 11 is 2.11. The summed E-state index contributed by atoms with van der Waals surface area (Å²) in [6.45, 7) is 7.37. The van der Waals surface area contributed by atoms with Gasteiger partial charge >= 0.3 is 0 Å². The minimum Gasteiger partial charge on any atom is -0.303 e. The quantitative estimate of drug-likeness (QED) is 0.696. The Balaban J connectivity index is 2.20. The van der Waals surface area contributed by atoms with Crippen LogP contribution in [0.5, 0.6) is 0 Å². The van der Waals surface area contributed by atoms with Crippen LogP contribution in [0.1, 0.15) is 27.2 Å². The van der Waals surface area contributed by atoms with Crippen LogP contribution in [0.3, 0.4) is 0 Å². The molecule has 0 saturated carbocycles. The monoisotopic (exact) mass is 197 g/mol. The second kappa shape index (κ2) is 5.57. The highest BCUT2D eigenvalue weighted by molar-refractivity contribution is 8.00. The van der Waals surface area contributed by atoms with E-state index < -0.39 is 0 Å². The molecule has 0 aromatic heterocycles. The van der Waals surface area contributed by atoms with Crippen molar-refractivity contribution in [2.75, 3.05) is 12.3 Å². The molecule has 1 saturated heterocycles. The Morgan fingerprint density at radius 2 is 2.31 bits per heavy atom. The van der Waals surface area contributed by atoms with Crippen molar-refractivity contribution in [2.24, 2.45) is 5.92 Å². The van der Waals surface area contributed by atoms with Crippen LogP contribution in [0, 0.1) is 17.8 Å². The van der Waals surface area contributed by atoms with Crippen molar-refractivity contribution in [3.8, 4) is 11.8 Å². The Labute approximate surface area is 86.1 Å². The zero-order chi connectivity index (χ0) is 9.68. The van der Waals surface area contributed by atoms with E-state index in [1.165, 1.54) is 12.2 Å². The molecule has 1 nitrogen and oxygen atoms in total. The smallest absolute Gasteiger partial charge is 0.0578 e. The molecule has 13 heavy (non-hydrogen) atoms. The van der Waals surface area contributed by atoms with Crippen LogP contribution in [0.25, 0.3) is 0 Å². The predicted molar refractivity (Wildman–Crippen MR) is 60.9 cm³/mol. The van der Waals surface area contributed by atoms with Crippen LogP contribution in [-0.2, 0) is 0 Å². The fourth-order valence-electron chi connectivity index (χ4n) is 1.55. The molecule has 0 aromatic carbocycles. The van der Waals surface area contributed by atoms with Crippen LogP contribution >= 0.6 is 11.8 Å². The molecular formula is C11H19NS. The maximum atomic E-state index is 3.47. The van der Waals surface area contributed by atoms with Gasteiger partial charge in [-0.05, 0) is 19.3 Å². The van der Waals surface area contributed by atoms with Gasteiger partial charge in [0.1, 0.15) is 0 Å². The highest BCUT2D eigenvalue weighted by atomic mass is 32.2. The van der Waals surface area contributed by atoms with Crippen molar-refractivity contribution >= 4 is 11.8 Å². The first-order valence-electron chi connectivity index (χ1n) is 4.98. The SMILES string of the molecule is CC#CCNC1CSC(C(C)C)C1. The van der Waals surface area contributed by atoms with Gasteiger partial charge in [0, 0.05) is 17.0 Å². The average molecular weight is 197 g/mol. The second-order valence-corrected chi connectivity index (χ2v) is 5.13.